The maximum absolute atomic E-state index is 13.9. The van der Waals surface area contributed by atoms with Crippen molar-refractivity contribution in [2.45, 2.75) is 62.5 Å². The second kappa shape index (κ2) is 9.38. The first kappa shape index (κ1) is 25.1. The van der Waals surface area contributed by atoms with Crippen molar-refractivity contribution in [3.8, 4) is 0 Å². The number of hydrogen-bond donors (Lipinski definition) is 2. The number of nitrogens with zero attached hydrogens (tertiary/aromatic N) is 4. The fraction of sp³-hybridized carbons (Fsp3) is 0.625. The lowest BCUT2D eigenvalue weighted by Crippen LogP contribution is -2.59. The average molecular weight is 564 g/mol. The van der Waals surface area contributed by atoms with Gasteiger partial charge in [0.25, 0.3) is 0 Å². The van der Waals surface area contributed by atoms with E-state index in [4.69, 9.17) is 9.47 Å². The van der Waals surface area contributed by atoms with Crippen molar-refractivity contribution in [3.63, 3.8) is 0 Å². The molecule has 11 nitrogen and oxygen atoms in total. The van der Waals surface area contributed by atoms with Gasteiger partial charge in [0.1, 0.15) is 23.8 Å². The molecule has 2 N–H and O–H groups in total. The summed E-state index contributed by atoms with van der Waals surface area (Å²) in [4.78, 5) is 42.0. The fourth-order valence-corrected chi connectivity index (χ4v) is 7.08. The molecule has 194 valence electrons. The lowest BCUT2D eigenvalue weighted by atomic mass is 9.70. The number of para-hydroxylation sites is 1. The first-order valence-electron chi connectivity index (χ1n) is 12.2. The van der Waals surface area contributed by atoms with E-state index in [2.05, 4.69) is 31.6 Å². The molecule has 2 aromatic rings. The number of aliphatic hydroxyl groups excluding tert-OH is 1. The monoisotopic (exact) mass is 563 g/mol. The van der Waals surface area contributed by atoms with Crippen molar-refractivity contribution < 1.29 is 29.0 Å². The highest BCUT2D eigenvalue weighted by Crippen LogP contribution is 2.60. The number of aromatic nitrogens is 3. The number of nitrogens with one attached hydrogen (secondary N) is 1. The highest BCUT2D eigenvalue weighted by Gasteiger charge is 2.77. The number of alkyl halides is 1. The molecule has 0 radical (unpaired) electrons. The van der Waals surface area contributed by atoms with Crippen LogP contribution in [0.2, 0.25) is 0 Å². The summed E-state index contributed by atoms with van der Waals surface area (Å²) in [6.45, 7) is 5.35. The zero-order chi connectivity index (χ0) is 25.8. The normalized spacial score (nSPS) is 31.8. The summed E-state index contributed by atoms with van der Waals surface area (Å²) in [7, 11) is 0. The maximum atomic E-state index is 13.9. The van der Waals surface area contributed by atoms with Crippen LogP contribution in [0.25, 0.3) is 11.0 Å². The predicted molar refractivity (Wildman–Crippen MR) is 131 cm³/mol. The van der Waals surface area contributed by atoms with Crippen molar-refractivity contribution >= 4 is 44.7 Å². The Hall–Kier alpha value is -2.57. The quantitative estimate of drug-likeness (QED) is 0.356. The topological polar surface area (TPSA) is 136 Å². The number of likely N-dealkylation sites (tertiary alicyclic amines) is 1. The molecule has 7 atom stereocenters. The molecule has 36 heavy (non-hydrogen) atoms. The summed E-state index contributed by atoms with van der Waals surface area (Å²) < 4.78 is 13.3. The van der Waals surface area contributed by atoms with Gasteiger partial charge in [0.2, 0.25) is 11.8 Å². The number of halogens is 1. The van der Waals surface area contributed by atoms with Gasteiger partial charge in [-0.15, -0.1) is 5.10 Å². The van der Waals surface area contributed by atoms with Gasteiger partial charge in [-0.25, -0.2) is 4.68 Å². The van der Waals surface area contributed by atoms with Crippen LogP contribution in [0.4, 0.5) is 0 Å². The third-order valence-corrected chi connectivity index (χ3v) is 8.52. The van der Waals surface area contributed by atoms with Crippen LogP contribution >= 0.6 is 15.9 Å². The number of carbonyl (C=O) groups is 3. The van der Waals surface area contributed by atoms with Crippen LogP contribution in [-0.4, -0.2) is 84.6 Å². The molecule has 3 saturated heterocycles. The number of benzene rings is 1. The Morgan fingerprint density at radius 1 is 1.36 bits per heavy atom. The summed E-state index contributed by atoms with van der Waals surface area (Å²) in [5.41, 5.74) is 0.231. The van der Waals surface area contributed by atoms with Crippen LogP contribution in [-0.2, 0) is 30.5 Å². The molecule has 1 spiro atoms. The second-order valence-corrected chi connectivity index (χ2v) is 11.1. The number of hydrogen-bond acceptors (Lipinski definition) is 8. The molecule has 3 unspecified atom stereocenters. The Morgan fingerprint density at radius 3 is 2.81 bits per heavy atom. The summed E-state index contributed by atoms with van der Waals surface area (Å²) >= 11 is 3.62. The predicted octanol–water partition coefficient (Wildman–Crippen LogP) is 0.833. The molecule has 1 aromatic heterocycles. The highest BCUT2D eigenvalue weighted by molar-refractivity contribution is 9.09. The van der Waals surface area contributed by atoms with Gasteiger partial charge in [0.15, 0.2) is 0 Å². The molecular formula is C24H30BrN5O6. The molecule has 3 fully saturated rings. The average Bonchev–Trinajstić information content (AvgIpc) is 3.56. The van der Waals surface area contributed by atoms with Gasteiger partial charge in [0.05, 0.1) is 42.7 Å². The van der Waals surface area contributed by atoms with E-state index in [0.717, 1.165) is 5.52 Å². The molecular weight excluding hydrogens is 534 g/mol. The van der Waals surface area contributed by atoms with Gasteiger partial charge in [-0.3, -0.25) is 14.4 Å². The molecule has 3 aliphatic rings. The Morgan fingerprint density at radius 2 is 2.11 bits per heavy atom. The van der Waals surface area contributed by atoms with Gasteiger partial charge in [-0.2, -0.15) is 0 Å². The van der Waals surface area contributed by atoms with Gasteiger partial charge in [0, 0.05) is 4.83 Å². The first-order chi connectivity index (χ1) is 17.2. The van der Waals surface area contributed by atoms with Crippen LogP contribution in [0.15, 0.2) is 24.3 Å². The number of aliphatic hydroxyl groups is 1. The maximum Gasteiger partial charge on any atom is 0.312 e. The zero-order valence-corrected chi connectivity index (χ0v) is 21.9. The van der Waals surface area contributed by atoms with Crippen molar-refractivity contribution in [3.05, 3.63) is 24.3 Å². The van der Waals surface area contributed by atoms with E-state index >= 15 is 0 Å². The van der Waals surface area contributed by atoms with E-state index in [1.807, 2.05) is 38.1 Å². The summed E-state index contributed by atoms with van der Waals surface area (Å²) in [5, 5.41) is 21.4. The Bertz CT molecular complexity index is 1190. The minimum atomic E-state index is -1.22. The Labute approximate surface area is 216 Å². The van der Waals surface area contributed by atoms with Gasteiger partial charge in [-0.05, 0) is 31.4 Å². The highest BCUT2D eigenvalue weighted by atomic mass is 79.9. The standard InChI is InChI=1S/C24H30BrN5O6/c1-4-35-23(34)17-18-22(33)30(16(10-31)12(2)3)20(24(18)9-13(25)19(17)36-24)21(32)26-11-29-15-8-6-5-7-14(15)27-28-29/h5-8,12-13,16-20,31H,4,9-11H2,1-3H3,(H,26,32)/t13?,16-,17+,18-,19+,20?,24?/m0/s1. The molecule has 12 heteroatoms. The second-order valence-electron chi connectivity index (χ2n) is 9.93. The van der Waals surface area contributed by atoms with E-state index in [9.17, 15) is 19.5 Å². The lowest BCUT2D eigenvalue weighted by Gasteiger charge is -2.38. The van der Waals surface area contributed by atoms with Crippen molar-refractivity contribution in [1.29, 1.82) is 0 Å². The molecule has 0 saturated carbocycles. The third kappa shape index (κ3) is 3.64. The summed E-state index contributed by atoms with van der Waals surface area (Å²) in [6.07, 6.45) is -0.206. The van der Waals surface area contributed by atoms with E-state index in [-0.39, 0.29) is 36.5 Å². The number of esters is 1. The van der Waals surface area contributed by atoms with Crippen molar-refractivity contribution in [2.75, 3.05) is 13.2 Å². The van der Waals surface area contributed by atoms with E-state index < -0.39 is 47.5 Å². The number of ether oxygens (including phenoxy) is 2. The van der Waals surface area contributed by atoms with Crippen LogP contribution in [0.1, 0.15) is 27.2 Å². The Kier molecular flexibility index (Phi) is 6.54. The molecule has 0 aliphatic carbocycles. The largest absolute Gasteiger partial charge is 0.466 e. The molecule has 1 aromatic carbocycles. The molecule has 4 heterocycles. The van der Waals surface area contributed by atoms with Gasteiger partial charge in [-0.1, -0.05) is 47.1 Å². The number of rotatable bonds is 8. The van der Waals surface area contributed by atoms with Gasteiger partial charge >= 0.3 is 5.97 Å². The van der Waals surface area contributed by atoms with Crippen molar-refractivity contribution in [2.24, 2.45) is 17.8 Å². The smallest absolute Gasteiger partial charge is 0.312 e. The third-order valence-electron chi connectivity index (χ3n) is 7.67. The minimum Gasteiger partial charge on any atom is -0.466 e. The van der Waals surface area contributed by atoms with Crippen LogP contribution in [0, 0.1) is 17.8 Å². The van der Waals surface area contributed by atoms with E-state index in [0.29, 0.717) is 11.9 Å². The van der Waals surface area contributed by atoms with E-state index in [1.54, 1.807) is 11.6 Å². The molecule has 2 amide bonds. The Balaban J connectivity index is 1.51. The minimum absolute atomic E-state index is 0.0343. The zero-order valence-electron chi connectivity index (χ0n) is 20.3. The van der Waals surface area contributed by atoms with Crippen LogP contribution < -0.4 is 5.32 Å². The SMILES string of the molecule is CCOC(=O)[C@H]1[C@@H]2OC3(CC2Br)C(C(=O)NCn2nnc4ccccc42)N([C@@H](CO)C(C)C)C(=O)[C@H]13. The molecule has 2 bridgehead atoms. The first-order valence-corrected chi connectivity index (χ1v) is 13.1. The lowest BCUT2D eigenvalue weighted by molar-refractivity contribution is -0.155. The van der Waals surface area contributed by atoms with Crippen LogP contribution in [0.5, 0.6) is 0 Å². The fourth-order valence-electron chi connectivity index (χ4n) is 6.14. The summed E-state index contributed by atoms with van der Waals surface area (Å²) in [5.74, 6) is -3.15. The van der Waals surface area contributed by atoms with E-state index in [1.165, 1.54) is 4.90 Å². The summed E-state index contributed by atoms with van der Waals surface area (Å²) in [6, 6.07) is 5.73. The number of fused-ring (bicyclic) bond motifs is 2. The number of amides is 2. The number of carbonyl (C=O) groups excluding carboxylic acids is 3. The molecule has 5 rings (SSSR count). The van der Waals surface area contributed by atoms with Gasteiger partial charge < -0.3 is 24.8 Å². The molecule has 3 aliphatic heterocycles. The van der Waals surface area contributed by atoms with Crippen molar-refractivity contribution in [1.82, 2.24) is 25.2 Å². The van der Waals surface area contributed by atoms with Crippen LogP contribution in [0.3, 0.4) is 0 Å².